The van der Waals surface area contributed by atoms with Crippen molar-refractivity contribution in [2.75, 3.05) is 27.2 Å². The summed E-state index contributed by atoms with van der Waals surface area (Å²) >= 11 is 5.76. The van der Waals surface area contributed by atoms with E-state index in [4.69, 9.17) is 11.8 Å². The summed E-state index contributed by atoms with van der Waals surface area (Å²) in [4.78, 5) is 2.88. The molecular formula is C17H38ClN2+. The molecule has 0 spiro atoms. The van der Waals surface area contributed by atoms with Crippen molar-refractivity contribution in [3.05, 3.63) is 0 Å². The first-order chi connectivity index (χ1) is 9.33. The molecule has 0 aromatic rings. The molecule has 0 aromatic carbocycles. The van der Waals surface area contributed by atoms with Gasteiger partial charge in [0.15, 0.2) is 0 Å². The topological polar surface area (TPSA) is 12.0 Å². The van der Waals surface area contributed by atoms with Gasteiger partial charge in [0.05, 0.1) is 27.2 Å². The van der Waals surface area contributed by atoms with E-state index in [1.807, 2.05) is 0 Å². The van der Waals surface area contributed by atoms with Crippen LogP contribution in [0.1, 0.15) is 78.6 Å². The van der Waals surface area contributed by atoms with Crippen LogP contribution in [-0.2, 0) is 0 Å². The van der Waals surface area contributed by atoms with Gasteiger partial charge in [-0.25, -0.2) is 4.84 Å². The van der Waals surface area contributed by atoms with E-state index < -0.39 is 0 Å². The van der Waals surface area contributed by atoms with E-state index in [1.54, 1.807) is 0 Å². The van der Waals surface area contributed by atoms with Crippen molar-refractivity contribution in [3.63, 3.8) is 0 Å². The molecule has 0 aliphatic carbocycles. The van der Waals surface area contributed by atoms with E-state index in [9.17, 15) is 0 Å². The number of unbranched alkanes of at least 4 members (excludes halogenated alkanes) is 7. The first-order valence-corrected chi connectivity index (χ1v) is 8.90. The van der Waals surface area contributed by atoms with Gasteiger partial charge >= 0.3 is 0 Å². The second-order valence-electron chi connectivity index (χ2n) is 7.59. The molecule has 0 atom stereocenters. The minimum absolute atomic E-state index is 0.0380. The average molecular weight is 306 g/mol. The normalized spacial score (nSPS) is 12.9. The van der Waals surface area contributed by atoms with Crippen LogP contribution < -0.4 is 4.84 Å². The fourth-order valence-corrected chi connectivity index (χ4v) is 2.51. The highest BCUT2D eigenvalue weighted by Gasteiger charge is 2.22. The lowest BCUT2D eigenvalue weighted by Crippen LogP contribution is -2.46. The summed E-state index contributed by atoms with van der Waals surface area (Å²) < 4.78 is 1.11. The molecule has 0 fully saturated rings. The molecule has 0 saturated carbocycles. The van der Waals surface area contributed by atoms with Crippen molar-refractivity contribution in [1.29, 1.82) is 0 Å². The van der Waals surface area contributed by atoms with Gasteiger partial charge in [-0.2, -0.15) is 0 Å². The highest BCUT2D eigenvalue weighted by Crippen LogP contribution is 2.14. The number of hydrogen-bond donors (Lipinski definition) is 1. The molecule has 2 nitrogen and oxygen atoms in total. The van der Waals surface area contributed by atoms with Crippen LogP contribution in [0.2, 0.25) is 0 Å². The van der Waals surface area contributed by atoms with Gasteiger partial charge in [0.1, 0.15) is 0 Å². The zero-order valence-corrected chi connectivity index (χ0v) is 15.4. The van der Waals surface area contributed by atoms with Crippen LogP contribution in [0.5, 0.6) is 0 Å². The van der Waals surface area contributed by atoms with E-state index in [-0.39, 0.29) is 5.54 Å². The summed E-state index contributed by atoms with van der Waals surface area (Å²) in [5, 5.41) is 0. The summed E-state index contributed by atoms with van der Waals surface area (Å²) in [7, 11) is 4.68. The molecule has 0 amide bonds. The van der Waals surface area contributed by atoms with Gasteiger partial charge in [-0.1, -0.05) is 45.4 Å². The van der Waals surface area contributed by atoms with Crippen LogP contribution in [0.15, 0.2) is 0 Å². The van der Waals surface area contributed by atoms with E-state index in [0.717, 1.165) is 10.9 Å². The number of halogens is 1. The van der Waals surface area contributed by atoms with Crippen molar-refractivity contribution in [1.82, 2.24) is 4.84 Å². The molecule has 0 unspecified atom stereocenters. The maximum absolute atomic E-state index is 5.76. The molecule has 0 bridgehead atoms. The number of nitrogens with zero attached hydrogens (tertiary/aromatic N) is 1. The van der Waals surface area contributed by atoms with E-state index >= 15 is 0 Å². The molecule has 0 saturated heterocycles. The highest BCUT2D eigenvalue weighted by atomic mass is 35.5. The van der Waals surface area contributed by atoms with Crippen molar-refractivity contribution >= 4 is 11.8 Å². The van der Waals surface area contributed by atoms with Crippen molar-refractivity contribution < 1.29 is 4.48 Å². The maximum Gasteiger partial charge on any atom is 0.0800 e. The molecule has 20 heavy (non-hydrogen) atoms. The van der Waals surface area contributed by atoms with Gasteiger partial charge in [-0.05, 0) is 38.5 Å². The summed E-state index contributed by atoms with van der Waals surface area (Å²) in [5.74, 6) is 0. The van der Waals surface area contributed by atoms with Crippen molar-refractivity contribution in [2.45, 2.75) is 84.1 Å². The Hall–Kier alpha value is 0.210. The molecule has 3 heteroatoms. The first-order valence-electron chi connectivity index (χ1n) is 8.53. The molecular weight excluding hydrogens is 268 g/mol. The number of rotatable bonds is 13. The second-order valence-corrected chi connectivity index (χ2v) is 7.78. The fourth-order valence-electron chi connectivity index (χ4n) is 2.41. The van der Waals surface area contributed by atoms with Crippen LogP contribution in [0.25, 0.3) is 0 Å². The third kappa shape index (κ3) is 12.0. The Labute approximate surface area is 133 Å². The zero-order chi connectivity index (χ0) is 15.5. The Morgan fingerprint density at radius 2 is 1.35 bits per heavy atom. The van der Waals surface area contributed by atoms with Gasteiger partial charge in [-0.3, -0.25) is 0 Å². The van der Waals surface area contributed by atoms with E-state index in [1.165, 1.54) is 64.5 Å². The predicted molar refractivity (Wildman–Crippen MR) is 92.1 cm³/mol. The Morgan fingerprint density at radius 1 is 0.850 bits per heavy atom. The average Bonchev–Trinajstić information content (AvgIpc) is 2.40. The molecule has 0 aromatic heterocycles. The Balaban J connectivity index is 3.57. The third-order valence-electron chi connectivity index (χ3n) is 4.21. The quantitative estimate of drug-likeness (QED) is 0.283. The monoisotopic (exact) mass is 305 g/mol. The van der Waals surface area contributed by atoms with Crippen LogP contribution in [0.4, 0.5) is 0 Å². The van der Waals surface area contributed by atoms with Gasteiger partial charge in [-0.15, -0.1) is 0 Å². The Kier molecular flexibility index (Phi) is 11.0. The number of nitrogens with one attached hydrogen (secondary N) is 1. The summed E-state index contributed by atoms with van der Waals surface area (Å²) in [6.45, 7) is 9.07. The minimum atomic E-state index is 0.0380. The zero-order valence-electron chi connectivity index (χ0n) is 14.6. The lowest BCUT2D eigenvalue weighted by molar-refractivity contribution is -0.891. The molecule has 122 valence electrons. The molecule has 0 aliphatic rings. The number of quaternary nitrogens is 1. The minimum Gasteiger partial charge on any atom is -0.328 e. The molecule has 1 N–H and O–H groups in total. The van der Waals surface area contributed by atoms with Crippen molar-refractivity contribution in [2.24, 2.45) is 0 Å². The van der Waals surface area contributed by atoms with Crippen LogP contribution in [-0.4, -0.2) is 37.2 Å². The molecule has 0 aliphatic heterocycles. The van der Waals surface area contributed by atoms with Gasteiger partial charge < -0.3 is 4.48 Å². The summed E-state index contributed by atoms with van der Waals surface area (Å²) in [6.07, 6.45) is 12.3. The Morgan fingerprint density at radius 3 is 1.85 bits per heavy atom. The lowest BCUT2D eigenvalue weighted by Gasteiger charge is -2.33. The standard InChI is InChI=1S/C17H38ClN2/c1-6-7-8-9-10-11-12-13-15-20(4,5)16-14-17(2,3)19-18/h19H,6-16H2,1-5H3/q+1. The third-order valence-corrected chi connectivity index (χ3v) is 4.73. The Bertz CT molecular complexity index is 227. The predicted octanol–water partition coefficient (Wildman–Crippen LogP) is 5.12. The SMILES string of the molecule is CCCCCCCCCC[N+](C)(C)CCC(C)(C)NCl. The van der Waals surface area contributed by atoms with Gasteiger partial charge in [0.2, 0.25) is 0 Å². The van der Waals surface area contributed by atoms with Crippen LogP contribution in [0.3, 0.4) is 0 Å². The second kappa shape index (κ2) is 10.9. The van der Waals surface area contributed by atoms with Gasteiger partial charge in [0, 0.05) is 12.0 Å². The fraction of sp³-hybridized carbons (Fsp3) is 1.00. The number of hydrogen-bond acceptors (Lipinski definition) is 1. The smallest absolute Gasteiger partial charge is 0.0800 e. The first kappa shape index (κ1) is 20.2. The summed E-state index contributed by atoms with van der Waals surface area (Å²) in [6, 6.07) is 0. The largest absolute Gasteiger partial charge is 0.328 e. The maximum atomic E-state index is 5.76. The lowest BCUT2D eigenvalue weighted by atomic mass is 10.0. The summed E-state index contributed by atoms with van der Waals surface area (Å²) in [5.41, 5.74) is 0.0380. The highest BCUT2D eigenvalue weighted by molar-refractivity contribution is 6.13. The molecule has 0 heterocycles. The van der Waals surface area contributed by atoms with Crippen molar-refractivity contribution in [3.8, 4) is 0 Å². The van der Waals surface area contributed by atoms with E-state index in [0.29, 0.717) is 0 Å². The molecule has 0 rings (SSSR count). The van der Waals surface area contributed by atoms with Gasteiger partial charge in [0.25, 0.3) is 0 Å². The van der Waals surface area contributed by atoms with Crippen LogP contribution >= 0.6 is 11.8 Å². The molecule has 0 radical (unpaired) electrons. The van der Waals surface area contributed by atoms with Crippen LogP contribution in [0, 0.1) is 0 Å². The van der Waals surface area contributed by atoms with E-state index in [2.05, 4.69) is 39.7 Å².